The molecule has 0 saturated carbocycles. The summed E-state index contributed by atoms with van der Waals surface area (Å²) >= 11 is 0. The van der Waals surface area contributed by atoms with Crippen LogP contribution in [-0.2, 0) is 15.0 Å². The van der Waals surface area contributed by atoms with Gasteiger partial charge in [-0.15, -0.1) is 0 Å². The van der Waals surface area contributed by atoms with Crippen LogP contribution in [0.1, 0.15) is 0 Å². The fourth-order valence-corrected chi connectivity index (χ4v) is 5.94. The molecule has 0 atom stereocenters. The van der Waals surface area contributed by atoms with E-state index in [9.17, 15) is 22.0 Å². The molecule has 1 aromatic heterocycles. The van der Waals surface area contributed by atoms with Crippen LogP contribution < -0.4 is 28.9 Å². The fourth-order valence-electron chi connectivity index (χ4n) is 4.30. The molecule has 0 fully saturated rings. The molecule has 12 nitrogen and oxygen atoms in total. The van der Waals surface area contributed by atoms with Crippen molar-refractivity contribution in [2.45, 2.75) is 6.43 Å². The number of anilines is 7. The van der Waals surface area contributed by atoms with E-state index in [1.807, 2.05) is 30.9 Å². The van der Waals surface area contributed by atoms with Gasteiger partial charge in [0.25, 0.3) is 6.43 Å². The molecule has 2 heterocycles. The van der Waals surface area contributed by atoms with Gasteiger partial charge in [-0.1, -0.05) is 18.7 Å². The number of rotatable bonds is 12. The maximum atomic E-state index is 13.4. The lowest BCUT2D eigenvalue weighted by atomic mass is 10.2. The summed E-state index contributed by atoms with van der Waals surface area (Å²) in [7, 11) is 2.87. The third-order valence-electron chi connectivity index (χ3n) is 6.33. The smallest absolute Gasteiger partial charge is 0.332 e. The summed E-state index contributed by atoms with van der Waals surface area (Å²) in [5.74, 6) is -0.0798. The Morgan fingerprint density at radius 1 is 1.12 bits per heavy atom. The van der Waals surface area contributed by atoms with Crippen molar-refractivity contribution in [3.63, 3.8) is 0 Å². The number of ether oxygens (including phenoxy) is 1. The molecule has 0 saturated heterocycles. The molecular weight excluding hydrogens is 570 g/mol. The Balaban J connectivity index is 1.72. The first-order chi connectivity index (χ1) is 20.0. The number of hydrogen-bond acceptors (Lipinski definition) is 9. The van der Waals surface area contributed by atoms with E-state index in [4.69, 9.17) is 4.74 Å². The van der Waals surface area contributed by atoms with Crippen LogP contribution in [0.5, 0.6) is 5.75 Å². The molecule has 42 heavy (non-hydrogen) atoms. The first kappa shape index (κ1) is 30.5. The number of para-hydroxylation sites is 2. The van der Waals surface area contributed by atoms with Crippen molar-refractivity contribution >= 4 is 56.3 Å². The molecule has 15 heteroatoms. The molecule has 3 aromatic rings. The van der Waals surface area contributed by atoms with E-state index in [0.717, 1.165) is 16.9 Å². The lowest BCUT2D eigenvalue weighted by Crippen LogP contribution is -2.38. The number of halogens is 2. The van der Waals surface area contributed by atoms with Crippen molar-refractivity contribution in [3.8, 4) is 5.75 Å². The Labute approximate surface area is 243 Å². The topological polar surface area (TPSA) is 123 Å². The molecule has 4 rings (SSSR count). The van der Waals surface area contributed by atoms with Crippen LogP contribution in [0, 0.1) is 0 Å². The number of nitrogens with one attached hydrogen (secondary N) is 2. The van der Waals surface area contributed by atoms with Crippen molar-refractivity contribution < 1.29 is 26.7 Å². The van der Waals surface area contributed by atoms with Gasteiger partial charge in [0, 0.05) is 38.5 Å². The van der Waals surface area contributed by atoms with E-state index in [1.165, 1.54) is 31.5 Å². The van der Waals surface area contributed by atoms with Gasteiger partial charge in [0.15, 0.2) is 5.82 Å². The zero-order chi connectivity index (χ0) is 30.6. The van der Waals surface area contributed by atoms with Gasteiger partial charge in [-0.25, -0.2) is 22.4 Å². The molecule has 1 aliphatic rings. The van der Waals surface area contributed by atoms with Crippen molar-refractivity contribution in [1.82, 2.24) is 14.9 Å². The van der Waals surface area contributed by atoms with E-state index < -0.39 is 29.1 Å². The number of hydrogen-bond donors (Lipinski definition) is 2. The van der Waals surface area contributed by atoms with E-state index in [2.05, 4.69) is 27.2 Å². The molecule has 2 N–H and O–H groups in total. The summed E-state index contributed by atoms with van der Waals surface area (Å²) in [4.78, 5) is 24.8. The second-order valence-corrected chi connectivity index (χ2v) is 11.2. The Morgan fingerprint density at radius 2 is 1.83 bits per heavy atom. The molecule has 0 unspecified atom stereocenters. The highest BCUT2D eigenvalue weighted by atomic mass is 32.2. The third kappa shape index (κ3) is 6.36. The van der Waals surface area contributed by atoms with E-state index >= 15 is 0 Å². The second kappa shape index (κ2) is 12.6. The molecule has 0 spiro atoms. The summed E-state index contributed by atoms with van der Waals surface area (Å²) in [5, 5.41) is 5.83. The highest BCUT2D eigenvalue weighted by Crippen LogP contribution is 2.45. The Morgan fingerprint density at radius 3 is 2.48 bits per heavy atom. The van der Waals surface area contributed by atoms with Crippen LogP contribution in [0.4, 0.5) is 49.0 Å². The standard InChI is InChI=1S/C27H32F2N8O4S/c1-6-26(38)31-18-15-19(23(41-5)16-22(18)35(4)14-13-34(2)3)32-27-30-12-11-25(33-27)37-21-10-8-7-9-20(21)36(17-24(28)29)42(37,39)40/h6-12,15-16,24H,1,13-14,17H2,2-5H3,(H,31,38)(H,30,32,33). The van der Waals surface area contributed by atoms with E-state index in [-0.39, 0.29) is 23.1 Å². The minimum atomic E-state index is -4.41. The molecule has 224 valence electrons. The monoisotopic (exact) mass is 602 g/mol. The number of amides is 1. The van der Waals surface area contributed by atoms with Gasteiger partial charge < -0.3 is 25.2 Å². The average Bonchev–Trinajstić information content (AvgIpc) is 3.17. The van der Waals surface area contributed by atoms with Crippen LogP contribution in [-0.4, -0.2) is 83.5 Å². The van der Waals surface area contributed by atoms with Crippen LogP contribution in [0.15, 0.2) is 61.3 Å². The van der Waals surface area contributed by atoms with Crippen molar-refractivity contribution in [2.24, 2.45) is 0 Å². The van der Waals surface area contributed by atoms with Crippen molar-refractivity contribution in [3.05, 3.63) is 61.3 Å². The summed E-state index contributed by atoms with van der Waals surface area (Å²) in [6.07, 6.45) is -0.392. The predicted molar refractivity (Wildman–Crippen MR) is 160 cm³/mol. The number of aromatic nitrogens is 2. The highest BCUT2D eigenvalue weighted by Gasteiger charge is 2.43. The molecular formula is C27H32F2N8O4S. The van der Waals surface area contributed by atoms with Gasteiger partial charge in [-0.2, -0.15) is 13.4 Å². The number of alkyl halides is 2. The maximum absolute atomic E-state index is 13.4. The van der Waals surface area contributed by atoms with Gasteiger partial charge in [0.1, 0.15) is 5.75 Å². The van der Waals surface area contributed by atoms with Crippen LogP contribution in [0.25, 0.3) is 0 Å². The fraction of sp³-hybridized carbons (Fsp3) is 0.296. The molecule has 1 amide bonds. The number of carbonyl (C=O) groups excluding carboxylic acids is 1. The second-order valence-electron chi connectivity index (χ2n) is 9.53. The molecule has 1 aliphatic heterocycles. The van der Waals surface area contributed by atoms with Gasteiger partial charge in [-0.05, 0) is 38.4 Å². The first-order valence-electron chi connectivity index (χ1n) is 12.8. The summed E-state index contributed by atoms with van der Waals surface area (Å²) < 4.78 is 60.6. The number of nitrogens with zero attached hydrogens (tertiary/aromatic N) is 6. The predicted octanol–water partition coefficient (Wildman–Crippen LogP) is 3.82. The number of likely N-dealkylation sites (N-methyl/N-ethyl adjacent to an activating group) is 2. The minimum Gasteiger partial charge on any atom is -0.494 e. The highest BCUT2D eigenvalue weighted by molar-refractivity contribution is 7.95. The molecule has 0 aliphatic carbocycles. The van der Waals surface area contributed by atoms with Crippen LogP contribution in [0.2, 0.25) is 0 Å². The van der Waals surface area contributed by atoms with Gasteiger partial charge in [0.05, 0.1) is 42.1 Å². The van der Waals surface area contributed by atoms with Crippen LogP contribution in [0.3, 0.4) is 0 Å². The summed E-state index contributed by atoms with van der Waals surface area (Å²) in [6, 6.07) is 10.9. The Kier molecular flexibility index (Phi) is 9.11. The Hall–Kier alpha value is -4.50. The van der Waals surface area contributed by atoms with Crippen molar-refractivity contribution in [2.75, 3.05) is 72.0 Å². The first-order valence-corrected chi connectivity index (χ1v) is 14.2. The number of fused-ring (bicyclic) bond motifs is 1. The number of methoxy groups -OCH3 is 1. The quantitative estimate of drug-likeness (QED) is 0.298. The number of benzene rings is 2. The minimum absolute atomic E-state index is 0.000463. The number of carbonyl (C=O) groups is 1. The van der Waals surface area contributed by atoms with E-state index in [1.54, 1.807) is 24.3 Å². The Bertz CT molecular complexity index is 1570. The molecule has 2 aromatic carbocycles. The zero-order valence-corrected chi connectivity index (χ0v) is 24.4. The van der Waals surface area contributed by atoms with Gasteiger partial charge >= 0.3 is 10.2 Å². The zero-order valence-electron chi connectivity index (χ0n) is 23.6. The normalized spacial score (nSPS) is 13.7. The summed E-state index contributed by atoms with van der Waals surface area (Å²) in [5.41, 5.74) is 1.81. The lowest BCUT2D eigenvalue weighted by Gasteiger charge is -2.26. The van der Waals surface area contributed by atoms with Crippen molar-refractivity contribution in [1.29, 1.82) is 0 Å². The van der Waals surface area contributed by atoms with Gasteiger partial charge in [0.2, 0.25) is 11.9 Å². The lowest BCUT2D eigenvalue weighted by molar-refractivity contribution is -0.111. The largest absolute Gasteiger partial charge is 0.494 e. The van der Waals surface area contributed by atoms with Crippen LogP contribution >= 0.6 is 0 Å². The average molecular weight is 603 g/mol. The molecule has 0 radical (unpaired) electrons. The summed E-state index contributed by atoms with van der Waals surface area (Å²) in [6.45, 7) is 3.93. The van der Waals surface area contributed by atoms with E-state index in [0.29, 0.717) is 33.7 Å². The maximum Gasteiger partial charge on any atom is 0.332 e. The third-order valence-corrected chi connectivity index (χ3v) is 8.08. The van der Waals surface area contributed by atoms with Gasteiger partial charge in [-0.3, -0.25) is 4.79 Å². The SMILES string of the molecule is C=CC(=O)Nc1cc(Nc2nccc(N3c4ccccc4N(CC(F)F)S3(=O)=O)n2)c(OC)cc1N(C)CCN(C)C. The molecule has 0 bridgehead atoms.